The zero-order valence-corrected chi connectivity index (χ0v) is 17.8. The zero-order chi connectivity index (χ0) is 20.2. The Kier molecular flexibility index (Phi) is 18.3. The van der Waals surface area contributed by atoms with Crippen molar-refractivity contribution in [2.75, 3.05) is 0 Å². The molecule has 4 nitrogen and oxygen atoms in total. The highest BCUT2D eigenvalue weighted by Gasteiger charge is 2.13. The fourth-order valence-electron chi connectivity index (χ4n) is 3.12. The molecule has 0 heterocycles. The first kappa shape index (κ1) is 25.6. The van der Waals surface area contributed by atoms with E-state index in [1.54, 1.807) is 6.92 Å². The Hall–Kier alpha value is -1.41. The molecule has 0 saturated carbocycles. The van der Waals surface area contributed by atoms with Gasteiger partial charge in [0.15, 0.2) is 0 Å². The lowest BCUT2D eigenvalue weighted by Gasteiger charge is -2.12. The average molecular weight is 380 g/mol. The maximum Gasteiger partial charge on any atom is 0.335 e. The Morgan fingerprint density at radius 1 is 0.852 bits per heavy atom. The normalized spacial score (nSPS) is 11.6. The van der Waals surface area contributed by atoms with Gasteiger partial charge in [-0.15, -0.1) is 0 Å². The third-order valence-electron chi connectivity index (χ3n) is 4.84. The lowest BCUT2D eigenvalue weighted by atomic mass is 10.0. The maximum atomic E-state index is 11.5. The van der Waals surface area contributed by atoms with Gasteiger partial charge in [0.2, 0.25) is 12.3 Å². The molecule has 0 fully saturated rings. The molecule has 0 spiro atoms. The molecule has 156 valence electrons. The number of hydrogen-bond acceptors (Lipinski definition) is 4. The van der Waals surface area contributed by atoms with Gasteiger partial charge in [-0.1, -0.05) is 103 Å². The average Bonchev–Trinajstić information content (AvgIpc) is 2.64. The summed E-state index contributed by atoms with van der Waals surface area (Å²) in [6.45, 7) is 7.38. The summed E-state index contributed by atoms with van der Waals surface area (Å²) in [4.78, 5) is 25.5. The molecule has 0 aliphatic rings. The molecule has 0 aromatic rings. The molecule has 4 heteroatoms. The quantitative estimate of drug-likeness (QED) is 0.0795. The van der Waals surface area contributed by atoms with Gasteiger partial charge in [-0.05, 0) is 13.3 Å². The largest absolute Gasteiger partial charge is 0.436 e. The van der Waals surface area contributed by atoms with Crippen LogP contribution in [-0.4, -0.2) is 18.3 Å². The van der Waals surface area contributed by atoms with E-state index in [-0.39, 0.29) is 0 Å². The minimum atomic E-state index is -0.714. The van der Waals surface area contributed by atoms with Gasteiger partial charge < -0.3 is 4.74 Å². The van der Waals surface area contributed by atoms with Crippen molar-refractivity contribution in [2.45, 2.75) is 123 Å². The third-order valence-corrected chi connectivity index (χ3v) is 4.84. The molecule has 0 aliphatic carbocycles. The monoisotopic (exact) mass is 379 g/mol. The predicted molar refractivity (Wildman–Crippen MR) is 112 cm³/mol. The number of hydrogen-bond donors (Lipinski definition) is 0. The summed E-state index contributed by atoms with van der Waals surface area (Å²) in [6, 6.07) is 0. The van der Waals surface area contributed by atoms with E-state index in [1.165, 1.54) is 89.6 Å². The van der Waals surface area contributed by atoms with Crippen LogP contribution in [0.3, 0.4) is 0 Å². The van der Waals surface area contributed by atoms with Crippen LogP contribution in [0.1, 0.15) is 117 Å². The van der Waals surface area contributed by atoms with Crippen LogP contribution in [-0.2, 0) is 14.3 Å². The number of nitrogens with zero attached hydrogens (tertiary/aromatic N) is 1. The topological polar surface area (TPSA) is 55.7 Å². The van der Waals surface area contributed by atoms with E-state index in [9.17, 15) is 9.59 Å². The Morgan fingerprint density at radius 3 is 1.63 bits per heavy atom. The second-order valence-electron chi connectivity index (χ2n) is 7.60. The second kappa shape index (κ2) is 19.4. The third kappa shape index (κ3) is 17.7. The van der Waals surface area contributed by atoms with Crippen LogP contribution in [0.4, 0.5) is 0 Å². The molecule has 0 radical (unpaired) electrons. The van der Waals surface area contributed by atoms with Crippen LogP contribution in [0.15, 0.2) is 17.1 Å². The highest BCUT2D eigenvalue weighted by Crippen LogP contribution is 2.15. The number of carbonyl (C=O) groups excluding carboxylic acids is 2. The van der Waals surface area contributed by atoms with Gasteiger partial charge in [-0.25, -0.2) is 9.59 Å². The van der Waals surface area contributed by atoms with Crippen molar-refractivity contribution in [2.24, 2.45) is 4.99 Å². The smallest absolute Gasteiger partial charge is 0.335 e. The maximum absolute atomic E-state index is 11.5. The molecule has 0 saturated heterocycles. The molecule has 1 atom stereocenters. The van der Waals surface area contributed by atoms with Crippen LogP contribution in [0.2, 0.25) is 0 Å². The van der Waals surface area contributed by atoms with Crippen molar-refractivity contribution in [1.82, 2.24) is 0 Å². The lowest BCUT2D eigenvalue weighted by molar-refractivity contribution is -0.144. The first-order valence-corrected chi connectivity index (χ1v) is 11.0. The van der Waals surface area contributed by atoms with Crippen molar-refractivity contribution in [3.05, 3.63) is 12.2 Å². The molecular formula is C23H41NO3. The molecule has 0 aliphatic heterocycles. The molecule has 0 N–H and O–H groups in total. The molecule has 0 amide bonds. The van der Waals surface area contributed by atoms with Crippen molar-refractivity contribution >= 4 is 12.0 Å². The minimum absolute atomic E-state index is 0.317. The van der Waals surface area contributed by atoms with Gasteiger partial charge in [0.05, 0.1) is 0 Å². The fourth-order valence-corrected chi connectivity index (χ4v) is 3.12. The van der Waals surface area contributed by atoms with Gasteiger partial charge in [-0.2, -0.15) is 4.99 Å². The number of carbonyl (C=O) groups is 1. The molecule has 0 rings (SSSR count). The summed E-state index contributed by atoms with van der Waals surface area (Å²) in [7, 11) is 0. The predicted octanol–water partition coefficient (Wildman–Crippen LogP) is 7.03. The van der Waals surface area contributed by atoms with Crippen LogP contribution in [0.25, 0.3) is 0 Å². The van der Waals surface area contributed by atoms with Crippen molar-refractivity contribution in [3.8, 4) is 0 Å². The number of rotatable bonds is 19. The number of esters is 1. The summed E-state index contributed by atoms with van der Waals surface area (Å²) < 4.78 is 5.10. The molecular weight excluding hydrogens is 338 g/mol. The minimum Gasteiger partial charge on any atom is -0.436 e. The first-order valence-electron chi connectivity index (χ1n) is 11.0. The molecule has 0 bridgehead atoms. The van der Waals surface area contributed by atoms with Crippen molar-refractivity contribution in [3.63, 3.8) is 0 Å². The van der Waals surface area contributed by atoms with Gasteiger partial charge in [0.25, 0.3) is 0 Å². The van der Waals surface area contributed by atoms with Gasteiger partial charge in [0, 0.05) is 12.0 Å². The van der Waals surface area contributed by atoms with Crippen LogP contribution in [0, 0.1) is 0 Å². The Bertz CT molecular complexity index is 427. The van der Waals surface area contributed by atoms with Crippen molar-refractivity contribution in [1.29, 1.82) is 0 Å². The number of aliphatic imine (C=N–C) groups is 1. The molecule has 0 aromatic heterocycles. The Labute approximate surface area is 166 Å². The van der Waals surface area contributed by atoms with E-state index >= 15 is 0 Å². The highest BCUT2D eigenvalue weighted by molar-refractivity contribution is 5.87. The summed E-state index contributed by atoms with van der Waals surface area (Å²) in [5.74, 6) is -0.500. The second-order valence-corrected chi connectivity index (χ2v) is 7.60. The summed E-state index contributed by atoms with van der Waals surface area (Å²) in [5, 5.41) is 0. The molecule has 27 heavy (non-hydrogen) atoms. The van der Waals surface area contributed by atoms with Crippen LogP contribution < -0.4 is 0 Å². The van der Waals surface area contributed by atoms with E-state index in [4.69, 9.17) is 4.74 Å². The number of unbranched alkanes of at least 4 members (excludes halogenated alkanes) is 14. The number of isocyanates is 1. The van der Waals surface area contributed by atoms with Gasteiger partial charge in [0.1, 0.15) is 0 Å². The van der Waals surface area contributed by atoms with Gasteiger partial charge >= 0.3 is 5.97 Å². The lowest BCUT2D eigenvalue weighted by Crippen LogP contribution is -2.16. The Balaban J connectivity index is 3.43. The van der Waals surface area contributed by atoms with Crippen LogP contribution >= 0.6 is 0 Å². The SMILES string of the molecule is C=C(C)C(=O)OC(CCCCCCCCCCCCCCCCC)N=C=O. The van der Waals surface area contributed by atoms with E-state index in [1.807, 2.05) is 0 Å². The number of ether oxygens (including phenoxy) is 1. The summed E-state index contributed by atoms with van der Waals surface area (Å²) in [5.41, 5.74) is 0.317. The van der Waals surface area contributed by atoms with Gasteiger partial charge in [-0.3, -0.25) is 0 Å². The zero-order valence-electron chi connectivity index (χ0n) is 17.8. The summed E-state index contributed by atoms with van der Waals surface area (Å²) >= 11 is 0. The molecule has 1 unspecified atom stereocenters. The first-order chi connectivity index (χ1) is 13.1. The summed E-state index contributed by atoms with van der Waals surface area (Å²) in [6.07, 6.45) is 20.9. The van der Waals surface area contributed by atoms with E-state index in [0.29, 0.717) is 12.0 Å². The van der Waals surface area contributed by atoms with E-state index < -0.39 is 12.2 Å². The van der Waals surface area contributed by atoms with Crippen molar-refractivity contribution < 1.29 is 14.3 Å². The highest BCUT2D eigenvalue weighted by atomic mass is 16.6. The molecule has 0 aromatic carbocycles. The standard InChI is InChI=1S/C23H41NO3/c1-4-5-6-7-8-9-10-11-12-13-14-15-16-17-18-19-22(24-20-25)27-23(26)21(2)3/h22H,2,4-19H2,1,3H3. The van der Waals surface area contributed by atoms with Crippen LogP contribution in [0.5, 0.6) is 0 Å². The fraction of sp³-hybridized carbons (Fsp3) is 0.826. The Morgan fingerprint density at radius 2 is 1.26 bits per heavy atom. The van der Waals surface area contributed by atoms with E-state index in [0.717, 1.165) is 12.8 Å². The van der Waals surface area contributed by atoms with E-state index in [2.05, 4.69) is 18.5 Å².